The number of aromatic nitrogens is 4. The highest BCUT2D eigenvalue weighted by Gasteiger charge is 2.22. The molecule has 0 bridgehead atoms. The standard InChI is InChI=1S/C14H18ClN5O/c1-9(2)7-12(10-3-5-11(15)6-4-10)14(21)16-8-13-17-19-20-18-13/h3-6,9,12H,7-8H2,1-2H3,(H,16,21)(H,17,18,19,20). The molecule has 0 saturated carbocycles. The van der Waals surface area contributed by atoms with Crippen molar-refractivity contribution < 1.29 is 4.79 Å². The summed E-state index contributed by atoms with van der Waals surface area (Å²) in [5, 5.41) is 17.0. The number of rotatable bonds is 6. The lowest BCUT2D eigenvalue weighted by Crippen LogP contribution is -2.30. The monoisotopic (exact) mass is 307 g/mol. The highest BCUT2D eigenvalue weighted by Crippen LogP contribution is 2.25. The number of nitrogens with one attached hydrogen (secondary N) is 2. The average Bonchev–Trinajstić information content (AvgIpc) is 2.96. The molecule has 0 fully saturated rings. The Hall–Kier alpha value is -1.95. The van der Waals surface area contributed by atoms with Crippen molar-refractivity contribution in [1.82, 2.24) is 25.9 Å². The third-order valence-electron chi connectivity index (χ3n) is 3.11. The number of carbonyl (C=O) groups is 1. The van der Waals surface area contributed by atoms with Gasteiger partial charge in [0.1, 0.15) is 0 Å². The zero-order valence-electron chi connectivity index (χ0n) is 12.0. The Morgan fingerprint density at radius 1 is 1.33 bits per heavy atom. The van der Waals surface area contributed by atoms with Crippen molar-refractivity contribution >= 4 is 17.5 Å². The lowest BCUT2D eigenvalue weighted by atomic mass is 9.89. The van der Waals surface area contributed by atoms with Crippen LogP contribution in [-0.2, 0) is 11.3 Å². The molecule has 7 heteroatoms. The minimum Gasteiger partial charge on any atom is -0.348 e. The fraction of sp³-hybridized carbons (Fsp3) is 0.429. The summed E-state index contributed by atoms with van der Waals surface area (Å²) in [5.41, 5.74) is 0.957. The molecule has 1 heterocycles. The van der Waals surface area contributed by atoms with E-state index in [1.807, 2.05) is 12.1 Å². The summed E-state index contributed by atoms with van der Waals surface area (Å²) >= 11 is 5.90. The van der Waals surface area contributed by atoms with Gasteiger partial charge in [-0.05, 0) is 30.0 Å². The first kappa shape index (κ1) is 15.4. The molecule has 2 N–H and O–H groups in total. The summed E-state index contributed by atoms with van der Waals surface area (Å²) in [7, 11) is 0. The quantitative estimate of drug-likeness (QED) is 0.857. The zero-order chi connectivity index (χ0) is 15.2. The van der Waals surface area contributed by atoms with Crippen LogP contribution in [0.15, 0.2) is 24.3 Å². The van der Waals surface area contributed by atoms with E-state index in [4.69, 9.17) is 11.6 Å². The summed E-state index contributed by atoms with van der Waals surface area (Å²) in [6, 6.07) is 7.39. The van der Waals surface area contributed by atoms with Crippen LogP contribution in [0.4, 0.5) is 0 Å². The summed E-state index contributed by atoms with van der Waals surface area (Å²) in [6.45, 7) is 4.45. The zero-order valence-corrected chi connectivity index (χ0v) is 12.8. The number of H-pyrrole nitrogens is 1. The summed E-state index contributed by atoms with van der Waals surface area (Å²) < 4.78 is 0. The molecule has 0 saturated heterocycles. The second-order valence-electron chi connectivity index (χ2n) is 5.28. The lowest BCUT2D eigenvalue weighted by molar-refractivity contribution is -0.123. The van der Waals surface area contributed by atoms with E-state index in [-0.39, 0.29) is 18.4 Å². The molecule has 0 aliphatic carbocycles. The molecule has 0 aliphatic rings. The number of tetrazole rings is 1. The Morgan fingerprint density at radius 2 is 2.05 bits per heavy atom. The number of hydrogen-bond acceptors (Lipinski definition) is 4. The number of aromatic amines is 1. The average molecular weight is 308 g/mol. The van der Waals surface area contributed by atoms with Gasteiger partial charge >= 0.3 is 0 Å². The van der Waals surface area contributed by atoms with E-state index in [1.54, 1.807) is 12.1 Å². The maximum absolute atomic E-state index is 12.4. The van der Waals surface area contributed by atoms with Gasteiger partial charge in [-0.15, -0.1) is 10.2 Å². The Balaban J connectivity index is 2.07. The Labute approximate surface area is 128 Å². The number of amides is 1. The summed E-state index contributed by atoms with van der Waals surface area (Å²) in [4.78, 5) is 12.4. The number of nitrogens with zero attached hydrogens (tertiary/aromatic N) is 3. The molecule has 1 aromatic heterocycles. The first-order valence-corrected chi connectivity index (χ1v) is 7.19. The van der Waals surface area contributed by atoms with Gasteiger partial charge in [0, 0.05) is 5.02 Å². The SMILES string of the molecule is CC(C)CC(C(=O)NCc1nn[nH]n1)c1ccc(Cl)cc1. The van der Waals surface area contributed by atoms with E-state index in [0.717, 1.165) is 12.0 Å². The van der Waals surface area contributed by atoms with Gasteiger partial charge in [0.25, 0.3) is 0 Å². The van der Waals surface area contributed by atoms with Crippen LogP contribution in [-0.4, -0.2) is 26.5 Å². The number of benzene rings is 1. The van der Waals surface area contributed by atoms with E-state index in [2.05, 4.69) is 39.8 Å². The van der Waals surface area contributed by atoms with E-state index in [0.29, 0.717) is 16.8 Å². The minimum absolute atomic E-state index is 0.0455. The molecule has 1 unspecified atom stereocenters. The predicted octanol–water partition coefficient (Wildman–Crippen LogP) is 2.30. The van der Waals surface area contributed by atoms with Crippen molar-refractivity contribution in [1.29, 1.82) is 0 Å². The van der Waals surface area contributed by atoms with Gasteiger partial charge in [-0.2, -0.15) is 5.21 Å². The van der Waals surface area contributed by atoms with Gasteiger partial charge in [0.05, 0.1) is 12.5 Å². The van der Waals surface area contributed by atoms with Crippen molar-refractivity contribution in [3.8, 4) is 0 Å². The Bertz CT molecular complexity index is 568. The lowest BCUT2D eigenvalue weighted by Gasteiger charge is -2.18. The first-order valence-electron chi connectivity index (χ1n) is 6.81. The first-order chi connectivity index (χ1) is 10.1. The Kier molecular flexibility index (Phi) is 5.27. The van der Waals surface area contributed by atoms with Gasteiger partial charge in [0.15, 0.2) is 5.82 Å². The summed E-state index contributed by atoms with van der Waals surface area (Å²) in [6.07, 6.45) is 0.764. The fourth-order valence-corrected chi connectivity index (χ4v) is 2.23. The molecule has 0 aliphatic heterocycles. The molecular weight excluding hydrogens is 290 g/mol. The maximum atomic E-state index is 12.4. The van der Waals surface area contributed by atoms with Crippen LogP contribution in [0.2, 0.25) is 5.02 Å². The van der Waals surface area contributed by atoms with Crippen molar-refractivity contribution in [2.45, 2.75) is 32.7 Å². The van der Waals surface area contributed by atoms with Crippen molar-refractivity contribution in [3.05, 3.63) is 40.7 Å². The predicted molar refractivity (Wildman–Crippen MR) is 79.7 cm³/mol. The largest absolute Gasteiger partial charge is 0.348 e. The number of hydrogen-bond donors (Lipinski definition) is 2. The molecular formula is C14H18ClN5O. The van der Waals surface area contributed by atoms with Gasteiger partial charge < -0.3 is 5.32 Å². The fourth-order valence-electron chi connectivity index (χ4n) is 2.11. The molecule has 1 amide bonds. The van der Waals surface area contributed by atoms with Gasteiger partial charge in [-0.25, -0.2) is 0 Å². The van der Waals surface area contributed by atoms with E-state index >= 15 is 0 Å². The van der Waals surface area contributed by atoms with Crippen LogP contribution in [0.5, 0.6) is 0 Å². The van der Waals surface area contributed by atoms with Gasteiger partial charge in [-0.3, -0.25) is 4.79 Å². The second kappa shape index (κ2) is 7.17. The summed E-state index contributed by atoms with van der Waals surface area (Å²) in [5.74, 6) is 0.606. The third kappa shape index (κ3) is 4.53. The molecule has 0 radical (unpaired) electrons. The van der Waals surface area contributed by atoms with Crippen molar-refractivity contribution in [3.63, 3.8) is 0 Å². The normalized spacial score (nSPS) is 12.4. The van der Waals surface area contributed by atoms with Crippen LogP contribution < -0.4 is 5.32 Å². The molecule has 1 atom stereocenters. The highest BCUT2D eigenvalue weighted by molar-refractivity contribution is 6.30. The molecule has 112 valence electrons. The number of carbonyl (C=O) groups excluding carboxylic acids is 1. The smallest absolute Gasteiger partial charge is 0.227 e. The molecule has 6 nitrogen and oxygen atoms in total. The van der Waals surface area contributed by atoms with Crippen LogP contribution in [0.1, 0.15) is 37.6 Å². The highest BCUT2D eigenvalue weighted by atomic mass is 35.5. The van der Waals surface area contributed by atoms with Crippen molar-refractivity contribution in [2.75, 3.05) is 0 Å². The topological polar surface area (TPSA) is 83.6 Å². The molecule has 0 spiro atoms. The molecule has 2 rings (SSSR count). The third-order valence-corrected chi connectivity index (χ3v) is 3.36. The van der Waals surface area contributed by atoms with Gasteiger partial charge in [0.2, 0.25) is 5.91 Å². The molecule has 21 heavy (non-hydrogen) atoms. The minimum atomic E-state index is -0.214. The molecule has 2 aromatic rings. The van der Waals surface area contributed by atoms with Gasteiger partial charge in [-0.1, -0.05) is 42.8 Å². The van der Waals surface area contributed by atoms with Crippen LogP contribution in [0, 0.1) is 5.92 Å². The van der Waals surface area contributed by atoms with Crippen LogP contribution in [0.3, 0.4) is 0 Å². The maximum Gasteiger partial charge on any atom is 0.227 e. The van der Waals surface area contributed by atoms with E-state index < -0.39 is 0 Å². The number of halogens is 1. The second-order valence-corrected chi connectivity index (χ2v) is 5.72. The van der Waals surface area contributed by atoms with Crippen LogP contribution >= 0.6 is 11.6 Å². The van der Waals surface area contributed by atoms with Crippen molar-refractivity contribution in [2.24, 2.45) is 5.92 Å². The molecule has 1 aromatic carbocycles. The van der Waals surface area contributed by atoms with Crippen LogP contribution in [0.25, 0.3) is 0 Å². The van der Waals surface area contributed by atoms with E-state index in [9.17, 15) is 4.79 Å². The van der Waals surface area contributed by atoms with E-state index in [1.165, 1.54) is 0 Å². The Morgan fingerprint density at radius 3 is 2.62 bits per heavy atom.